The maximum atomic E-state index is 13.5. The molecule has 354 valence electrons. The Hall–Kier alpha value is -3.68. The molecular weight excluding hydrogens is 801 g/mol. The molecule has 0 aliphatic carbocycles. The van der Waals surface area contributed by atoms with Crippen LogP contribution in [-0.2, 0) is 33.3 Å². The van der Waals surface area contributed by atoms with Crippen LogP contribution in [-0.4, -0.2) is 101 Å². The summed E-state index contributed by atoms with van der Waals surface area (Å²) >= 11 is 0. The number of fused-ring (bicyclic) bond motifs is 2. The highest BCUT2D eigenvalue weighted by Gasteiger charge is 2.42. The number of rotatable bonds is 15. The van der Waals surface area contributed by atoms with Gasteiger partial charge in [-0.15, -0.1) is 0 Å². The van der Waals surface area contributed by atoms with E-state index < -0.39 is 48.2 Å². The number of aliphatic hydroxyl groups is 4. The Balaban J connectivity index is 2.08. The molecule has 2 aliphatic rings. The molecule has 0 radical (unpaired) electrons. The molecule has 1 fully saturated rings. The summed E-state index contributed by atoms with van der Waals surface area (Å²) in [7, 11) is 3.06. The van der Waals surface area contributed by atoms with E-state index in [1.807, 2.05) is 101 Å². The van der Waals surface area contributed by atoms with E-state index in [9.17, 15) is 30.0 Å². The van der Waals surface area contributed by atoms with Gasteiger partial charge >= 0.3 is 11.9 Å². The normalized spacial score (nSPS) is 30.5. The van der Waals surface area contributed by atoms with Crippen LogP contribution in [0, 0.1) is 17.8 Å². The maximum absolute atomic E-state index is 13.5. The predicted octanol–water partition coefficient (Wildman–Crippen LogP) is 9.05. The average Bonchev–Trinajstić information content (AvgIpc) is 3.23. The first-order chi connectivity index (χ1) is 29.9. The Labute approximate surface area is 378 Å². The minimum Gasteiger partial charge on any atom is -0.469 e. The van der Waals surface area contributed by atoms with Gasteiger partial charge in [-0.2, -0.15) is 0 Å². The van der Waals surface area contributed by atoms with E-state index in [1.54, 1.807) is 26.2 Å². The molecule has 0 saturated carbocycles. The summed E-state index contributed by atoms with van der Waals surface area (Å²) in [6, 6.07) is 0. The Morgan fingerprint density at radius 3 is 2.17 bits per heavy atom. The van der Waals surface area contributed by atoms with E-state index in [0.717, 1.165) is 30.4 Å². The second kappa shape index (κ2) is 30.5. The van der Waals surface area contributed by atoms with Gasteiger partial charge in [-0.1, -0.05) is 129 Å². The number of cyclic esters (lactones) is 1. The molecule has 2 bridgehead atoms. The van der Waals surface area contributed by atoms with Crippen LogP contribution in [0.4, 0.5) is 0 Å². The Kier molecular flexibility index (Phi) is 26.8. The molecule has 1 unspecified atom stereocenters. The van der Waals surface area contributed by atoms with E-state index in [4.69, 9.17) is 18.9 Å². The second-order valence-electron chi connectivity index (χ2n) is 17.7. The molecule has 2 aliphatic heterocycles. The molecule has 11 heteroatoms. The molecule has 0 spiro atoms. The summed E-state index contributed by atoms with van der Waals surface area (Å²) in [5.41, 5.74) is 1.75. The van der Waals surface area contributed by atoms with Crippen LogP contribution >= 0.6 is 0 Å². The smallest absolute Gasteiger partial charge is 0.308 e. The summed E-state index contributed by atoms with van der Waals surface area (Å²) in [6.07, 6.45) is 31.1. The van der Waals surface area contributed by atoms with Gasteiger partial charge in [0.25, 0.3) is 0 Å². The van der Waals surface area contributed by atoms with Crippen LogP contribution in [0.25, 0.3) is 0 Å². The van der Waals surface area contributed by atoms with E-state index in [2.05, 4.69) is 29.9 Å². The minimum atomic E-state index is -1.04. The van der Waals surface area contributed by atoms with Crippen LogP contribution in [0.1, 0.15) is 119 Å². The zero-order valence-corrected chi connectivity index (χ0v) is 39.5. The van der Waals surface area contributed by atoms with E-state index in [1.165, 1.54) is 7.11 Å². The first kappa shape index (κ1) is 55.5. The van der Waals surface area contributed by atoms with Crippen molar-refractivity contribution in [1.29, 1.82) is 0 Å². The third-order valence-corrected chi connectivity index (χ3v) is 11.7. The summed E-state index contributed by atoms with van der Waals surface area (Å²) in [4.78, 5) is 24.8. The lowest BCUT2D eigenvalue weighted by molar-refractivity contribution is -0.317. The standard InChI is InChI=1S/C52H80O11/c1-37(24-19-15-13-11-10-12-14-16-21-26-42(53)32-38(2)30-31-50(57)60-9)33-45(55)40(4)48-34-43(54)27-23-29-44(59-8)28-22-18-17-20-25-39(3)47-36-49(63-52(6,7)62-47)41(5)46(56)35-51(58)61-48/h10-22,24,32-33,39-49,53-56H,23,25-31,34-36H2,1-9H3/b11-10+,14-12+,15-13+,20-17+,21-16+,22-18-,24-19+,37-33+,38-32+/t39-,40+,41+,42-,43+,44?,45+,46+,47-,48-,49-/m0/s1. The van der Waals surface area contributed by atoms with E-state index in [-0.39, 0.29) is 49.0 Å². The highest BCUT2D eigenvalue weighted by molar-refractivity contribution is 5.70. The number of hydrogen-bond acceptors (Lipinski definition) is 11. The van der Waals surface area contributed by atoms with Crippen LogP contribution in [0.5, 0.6) is 0 Å². The van der Waals surface area contributed by atoms with Gasteiger partial charge in [-0.25, -0.2) is 0 Å². The molecule has 63 heavy (non-hydrogen) atoms. The molecule has 11 nitrogen and oxygen atoms in total. The van der Waals surface area contributed by atoms with Gasteiger partial charge in [-0.3, -0.25) is 9.59 Å². The summed E-state index contributed by atoms with van der Waals surface area (Å²) in [6.45, 7) is 13.4. The maximum Gasteiger partial charge on any atom is 0.308 e. The number of carbonyl (C=O) groups is 2. The highest BCUT2D eigenvalue weighted by Crippen LogP contribution is 2.36. The van der Waals surface area contributed by atoms with Gasteiger partial charge in [0.2, 0.25) is 0 Å². The fourth-order valence-electron chi connectivity index (χ4n) is 7.54. The fraction of sp³-hybridized carbons (Fsp3) is 0.615. The molecule has 0 aromatic carbocycles. The lowest BCUT2D eigenvalue weighted by Gasteiger charge is -2.45. The molecule has 2 heterocycles. The van der Waals surface area contributed by atoms with E-state index in [0.29, 0.717) is 38.5 Å². The molecule has 0 aromatic heterocycles. The van der Waals surface area contributed by atoms with Crippen molar-refractivity contribution in [2.75, 3.05) is 14.2 Å². The monoisotopic (exact) mass is 881 g/mol. The number of esters is 2. The van der Waals surface area contributed by atoms with Crippen molar-refractivity contribution < 1.29 is 53.7 Å². The van der Waals surface area contributed by atoms with Crippen molar-refractivity contribution >= 4 is 11.9 Å². The molecule has 2 rings (SSSR count). The number of hydrogen-bond donors (Lipinski definition) is 4. The lowest BCUT2D eigenvalue weighted by Crippen LogP contribution is -2.50. The predicted molar refractivity (Wildman–Crippen MR) is 250 cm³/mol. The van der Waals surface area contributed by atoms with Gasteiger partial charge in [0.15, 0.2) is 5.79 Å². The van der Waals surface area contributed by atoms with Crippen molar-refractivity contribution in [2.45, 2.75) is 174 Å². The van der Waals surface area contributed by atoms with E-state index >= 15 is 0 Å². The zero-order chi connectivity index (χ0) is 46.8. The van der Waals surface area contributed by atoms with Crippen LogP contribution < -0.4 is 0 Å². The number of carbonyl (C=O) groups excluding carboxylic acids is 2. The number of ether oxygens (including phenoxy) is 5. The van der Waals surface area contributed by atoms with Crippen molar-refractivity contribution in [3.8, 4) is 0 Å². The van der Waals surface area contributed by atoms with Crippen molar-refractivity contribution in [1.82, 2.24) is 0 Å². The number of aliphatic hydroxyl groups excluding tert-OH is 4. The first-order valence-electron chi connectivity index (χ1n) is 22.8. The topological polar surface area (TPSA) is 161 Å². The van der Waals surface area contributed by atoms with Crippen LogP contribution in [0.2, 0.25) is 0 Å². The first-order valence-corrected chi connectivity index (χ1v) is 22.8. The fourth-order valence-corrected chi connectivity index (χ4v) is 7.54. The third kappa shape index (κ3) is 23.7. The van der Waals surface area contributed by atoms with Crippen molar-refractivity contribution in [3.05, 3.63) is 108 Å². The minimum absolute atomic E-state index is 0.000943. The second-order valence-corrected chi connectivity index (χ2v) is 17.7. The Morgan fingerprint density at radius 1 is 0.873 bits per heavy atom. The average molecular weight is 881 g/mol. The third-order valence-electron chi connectivity index (χ3n) is 11.7. The molecule has 4 N–H and O–H groups in total. The summed E-state index contributed by atoms with van der Waals surface area (Å²) < 4.78 is 29.0. The van der Waals surface area contributed by atoms with Gasteiger partial charge in [-0.05, 0) is 78.6 Å². The highest BCUT2D eigenvalue weighted by atomic mass is 16.7. The van der Waals surface area contributed by atoms with Gasteiger partial charge in [0.1, 0.15) is 6.10 Å². The lowest BCUT2D eigenvalue weighted by atomic mass is 9.86. The van der Waals surface area contributed by atoms with Crippen LogP contribution in [0.3, 0.4) is 0 Å². The quantitative estimate of drug-likeness (QED) is 0.0706. The number of methoxy groups -OCH3 is 2. The molecule has 0 aromatic rings. The number of allylic oxidation sites excluding steroid dienone is 14. The van der Waals surface area contributed by atoms with Crippen molar-refractivity contribution in [2.24, 2.45) is 17.8 Å². The SMILES string of the molecule is COC(=O)CC/C(C)=C/[C@@H](O)C/C=C/C=C/C=C/C=C/C=C/C(C)=C/[C@@H](O)[C@@H](C)[C@@H]1C[C@H](O)CCCC(OC)C/C=C\C=C\C[C@H](C)[C@@H]2C[C@H](OC(C)(C)O2)[C@H](C)[C@H](O)CC(=O)O1. The van der Waals surface area contributed by atoms with Gasteiger partial charge in [0, 0.05) is 38.2 Å². The molecule has 1 saturated heterocycles. The summed E-state index contributed by atoms with van der Waals surface area (Å²) in [5.74, 6) is -2.46. The van der Waals surface area contributed by atoms with Gasteiger partial charge in [0.05, 0.1) is 56.3 Å². The van der Waals surface area contributed by atoms with Gasteiger partial charge < -0.3 is 44.1 Å². The molecule has 0 amide bonds. The Bertz CT molecular complexity index is 1610. The van der Waals surface area contributed by atoms with Crippen LogP contribution in [0.15, 0.2) is 108 Å². The molecular formula is C52H80O11. The van der Waals surface area contributed by atoms with Crippen molar-refractivity contribution in [3.63, 3.8) is 0 Å². The zero-order valence-electron chi connectivity index (χ0n) is 39.5. The summed E-state index contributed by atoms with van der Waals surface area (Å²) in [5, 5.41) is 44.0. The Morgan fingerprint density at radius 2 is 1.51 bits per heavy atom. The molecule has 11 atom stereocenters. The largest absolute Gasteiger partial charge is 0.469 e.